The molecule has 8 heteroatoms. The summed E-state index contributed by atoms with van der Waals surface area (Å²) >= 11 is 0. The van der Waals surface area contributed by atoms with Gasteiger partial charge in [-0.05, 0) is 24.0 Å². The molecule has 0 aliphatic heterocycles. The SMILES string of the molecule is Cc1nc2cc[nH]n2c(=O)c1CC(=O)NCC(N)c1ccc(C(C)C)cc1.Cl. The average molecular weight is 404 g/mol. The summed E-state index contributed by atoms with van der Waals surface area (Å²) in [5.41, 5.74) is 9.61. The van der Waals surface area contributed by atoms with E-state index in [9.17, 15) is 9.59 Å². The lowest BCUT2D eigenvalue weighted by Gasteiger charge is -2.15. The van der Waals surface area contributed by atoms with Crippen LogP contribution in [0.2, 0.25) is 0 Å². The molecule has 0 saturated heterocycles. The number of hydrogen-bond donors (Lipinski definition) is 3. The highest BCUT2D eigenvalue weighted by Gasteiger charge is 2.15. The van der Waals surface area contributed by atoms with E-state index in [1.165, 1.54) is 10.1 Å². The van der Waals surface area contributed by atoms with Gasteiger partial charge in [-0.2, -0.15) is 0 Å². The Morgan fingerprint density at radius 3 is 2.50 bits per heavy atom. The Bertz CT molecular complexity index is 1010. The van der Waals surface area contributed by atoms with Crippen LogP contribution in [0.25, 0.3) is 5.65 Å². The van der Waals surface area contributed by atoms with Crippen molar-refractivity contribution in [3.8, 4) is 0 Å². The van der Waals surface area contributed by atoms with Crippen molar-refractivity contribution in [3.63, 3.8) is 0 Å². The van der Waals surface area contributed by atoms with Gasteiger partial charge in [-0.3, -0.25) is 14.7 Å². The molecule has 0 saturated carbocycles. The van der Waals surface area contributed by atoms with Gasteiger partial charge < -0.3 is 11.1 Å². The molecule has 3 aromatic rings. The number of nitrogens with two attached hydrogens (primary N) is 1. The number of aromatic nitrogens is 3. The third-order valence-electron chi connectivity index (χ3n) is 4.73. The zero-order valence-electron chi connectivity index (χ0n) is 16.2. The number of H-pyrrole nitrogens is 1. The first-order valence-corrected chi connectivity index (χ1v) is 9.04. The smallest absolute Gasteiger partial charge is 0.276 e. The van der Waals surface area contributed by atoms with E-state index >= 15 is 0 Å². The van der Waals surface area contributed by atoms with E-state index in [1.54, 1.807) is 19.2 Å². The van der Waals surface area contributed by atoms with Crippen molar-refractivity contribution in [1.29, 1.82) is 0 Å². The molecule has 7 nitrogen and oxygen atoms in total. The molecular weight excluding hydrogens is 378 g/mol. The van der Waals surface area contributed by atoms with Crippen molar-refractivity contribution < 1.29 is 4.79 Å². The van der Waals surface area contributed by atoms with Crippen molar-refractivity contribution >= 4 is 24.0 Å². The van der Waals surface area contributed by atoms with Gasteiger partial charge in [0, 0.05) is 36.1 Å². The number of carbonyl (C=O) groups is 1. The zero-order valence-corrected chi connectivity index (χ0v) is 17.0. The Balaban J connectivity index is 0.00000280. The fourth-order valence-electron chi connectivity index (χ4n) is 3.00. The van der Waals surface area contributed by atoms with Gasteiger partial charge in [0.2, 0.25) is 5.91 Å². The molecule has 2 aromatic heterocycles. The van der Waals surface area contributed by atoms with Crippen molar-refractivity contribution in [2.45, 2.75) is 39.2 Å². The Morgan fingerprint density at radius 1 is 1.21 bits per heavy atom. The van der Waals surface area contributed by atoms with Crippen LogP contribution in [0.3, 0.4) is 0 Å². The normalized spacial score (nSPS) is 12.0. The van der Waals surface area contributed by atoms with E-state index in [0.29, 0.717) is 29.4 Å². The van der Waals surface area contributed by atoms with E-state index in [1.807, 2.05) is 12.1 Å². The monoisotopic (exact) mass is 403 g/mol. The molecule has 1 unspecified atom stereocenters. The molecular formula is C20H26ClN5O2. The van der Waals surface area contributed by atoms with Gasteiger partial charge in [-0.15, -0.1) is 12.4 Å². The molecule has 0 radical (unpaired) electrons. The van der Waals surface area contributed by atoms with Gasteiger partial charge in [0.25, 0.3) is 5.56 Å². The first-order valence-electron chi connectivity index (χ1n) is 9.04. The van der Waals surface area contributed by atoms with Crippen LogP contribution in [0.5, 0.6) is 0 Å². The highest BCUT2D eigenvalue weighted by Crippen LogP contribution is 2.17. The quantitative estimate of drug-likeness (QED) is 0.586. The van der Waals surface area contributed by atoms with Crippen molar-refractivity contribution in [1.82, 2.24) is 19.9 Å². The number of benzene rings is 1. The highest BCUT2D eigenvalue weighted by molar-refractivity contribution is 5.85. The average Bonchev–Trinajstić information content (AvgIpc) is 3.11. The minimum absolute atomic E-state index is 0. The van der Waals surface area contributed by atoms with Gasteiger partial charge in [0.1, 0.15) is 0 Å². The summed E-state index contributed by atoms with van der Waals surface area (Å²) in [4.78, 5) is 29.1. The summed E-state index contributed by atoms with van der Waals surface area (Å²) in [7, 11) is 0. The maximum atomic E-state index is 12.5. The van der Waals surface area contributed by atoms with Crippen LogP contribution in [-0.2, 0) is 11.2 Å². The van der Waals surface area contributed by atoms with E-state index in [-0.39, 0.29) is 36.3 Å². The molecule has 0 aliphatic rings. The Kier molecular flexibility index (Phi) is 6.99. The first-order chi connectivity index (χ1) is 12.9. The predicted molar refractivity (Wildman–Crippen MR) is 112 cm³/mol. The van der Waals surface area contributed by atoms with Crippen LogP contribution in [0, 0.1) is 6.92 Å². The number of aromatic amines is 1. The van der Waals surface area contributed by atoms with E-state index in [4.69, 9.17) is 5.73 Å². The number of nitrogens with one attached hydrogen (secondary N) is 2. The molecule has 2 heterocycles. The van der Waals surface area contributed by atoms with Crippen LogP contribution >= 0.6 is 12.4 Å². The van der Waals surface area contributed by atoms with Crippen LogP contribution in [0.15, 0.2) is 41.3 Å². The largest absolute Gasteiger partial charge is 0.354 e. The van der Waals surface area contributed by atoms with Gasteiger partial charge in [-0.1, -0.05) is 38.1 Å². The minimum Gasteiger partial charge on any atom is -0.354 e. The van der Waals surface area contributed by atoms with Crippen LogP contribution in [-0.4, -0.2) is 27.0 Å². The van der Waals surface area contributed by atoms with E-state index in [2.05, 4.69) is 41.4 Å². The highest BCUT2D eigenvalue weighted by atomic mass is 35.5. The van der Waals surface area contributed by atoms with Gasteiger partial charge in [-0.25, -0.2) is 9.50 Å². The van der Waals surface area contributed by atoms with Crippen LogP contribution in [0.1, 0.15) is 48.2 Å². The molecule has 1 aromatic carbocycles. The molecule has 1 amide bonds. The van der Waals surface area contributed by atoms with Crippen LogP contribution in [0.4, 0.5) is 0 Å². The number of hydrogen-bond acceptors (Lipinski definition) is 4. The van der Waals surface area contributed by atoms with Crippen molar-refractivity contribution in [2.75, 3.05) is 6.54 Å². The minimum atomic E-state index is -0.304. The Morgan fingerprint density at radius 2 is 1.86 bits per heavy atom. The number of rotatable bonds is 6. The standard InChI is InChI=1S/C20H25N5O2.ClH/c1-12(2)14-4-6-15(7-5-14)17(21)11-22-19(26)10-16-13(3)24-18-8-9-23-25(18)20(16)27;/h4-9,12,17,23H,10-11,21H2,1-3H3,(H,22,26);1H. The van der Waals surface area contributed by atoms with Crippen LogP contribution < -0.4 is 16.6 Å². The molecule has 150 valence electrons. The Hall–Kier alpha value is -2.64. The third-order valence-corrected chi connectivity index (χ3v) is 4.73. The second kappa shape index (κ2) is 9.03. The number of nitrogens with zero attached hydrogens (tertiary/aromatic N) is 2. The summed E-state index contributed by atoms with van der Waals surface area (Å²) in [5, 5.41) is 5.62. The number of aryl methyl sites for hydroxylation is 1. The fraction of sp³-hybridized carbons (Fsp3) is 0.350. The van der Waals surface area contributed by atoms with Crippen molar-refractivity contribution in [2.24, 2.45) is 5.73 Å². The first kappa shape index (κ1) is 21.7. The molecule has 0 bridgehead atoms. The lowest BCUT2D eigenvalue weighted by Crippen LogP contribution is -2.35. The summed E-state index contributed by atoms with van der Waals surface area (Å²) < 4.78 is 1.33. The van der Waals surface area contributed by atoms with Gasteiger partial charge in [0.05, 0.1) is 6.42 Å². The predicted octanol–water partition coefficient (Wildman–Crippen LogP) is 2.23. The summed E-state index contributed by atoms with van der Waals surface area (Å²) in [6.45, 7) is 6.32. The third kappa shape index (κ3) is 4.61. The lowest BCUT2D eigenvalue weighted by molar-refractivity contribution is -0.120. The number of amides is 1. The second-order valence-electron chi connectivity index (χ2n) is 7.05. The fourth-order valence-corrected chi connectivity index (χ4v) is 3.00. The van der Waals surface area contributed by atoms with Crippen molar-refractivity contribution in [3.05, 3.63) is 69.3 Å². The molecule has 1 atom stereocenters. The molecule has 3 rings (SSSR count). The summed E-state index contributed by atoms with van der Waals surface area (Å²) in [6.07, 6.45) is 1.61. The maximum Gasteiger partial charge on any atom is 0.276 e. The second-order valence-corrected chi connectivity index (χ2v) is 7.05. The summed E-state index contributed by atoms with van der Waals surface area (Å²) in [6, 6.07) is 9.51. The maximum absolute atomic E-state index is 12.5. The van der Waals surface area contributed by atoms with E-state index in [0.717, 1.165) is 5.56 Å². The molecule has 4 N–H and O–H groups in total. The number of halogens is 1. The summed E-state index contributed by atoms with van der Waals surface area (Å²) in [5.74, 6) is 0.209. The Labute approximate surface area is 169 Å². The zero-order chi connectivity index (χ0) is 19.6. The van der Waals surface area contributed by atoms with Gasteiger partial charge >= 0.3 is 0 Å². The lowest BCUT2D eigenvalue weighted by atomic mass is 9.99. The topological polar surface area (TPSA) is 105 Å². The van der Waals surface area contributed by atoms with Gasteiger partial charge in [0.15, 0.2) is 5.65 Å². The number of fused-ring (bicyclic) bond motifs is 1. The molecule has 0 aliphatic carbocycles. The van der Waals surface area contributed by atoms with E-state index < -0.39 is 0 Å². The molecule has 28 heavy (non-hydrogen) atoms. The number of carbonyl (C=O) groups excluding carboxylic acids is 1. The molecule has 0 fully saturated rings. The molecule has 0 spiro atoms.